The van der Waals surface area contributed by atoms with Crippen molar-refractivity contribution in [1.82, 2.24) is 18.7 Å². The van der Waals surface area contributed by atoms with Crippen LogP contribution in [0, 0.1) is 5.92 Å². The molecule has 4 rings (SSSR count). The number of fused-ring (bicyclic) bond motifs is 3. The molecule has 0 radical (unpaired) electrons. The van der Waals surface area contributed by atoms with Gasteiger partial charge < -0.3 is 18.9 Å². The molecule has 1 aliphatic heterocycles. The maximum Gasteiger partial charge on any atom is 0.332 e. The molecule has 9 nitrogen and oxygen atoms in total. The minimum atomic E-state index is -0.403. The molecule has 0 saturated carbocycles. The van der Waals surface area contributed by atoms with Crippen LogP contribution in [-0.4, -0.2) is 45.6 Å². The summed E-state index contributed by atoms with van der Waals surface area (Å²) in [4.78, 5) is 32.8. The molecule has 166 valence electrons. The van der Waals surface area contributed by atoms with Crippen molar-refractivity contribution in [2.24, 2.45) is 13.0 Å². The number of benzene rings is 1. The molecule has 3 aromatic rings. The van der Waals surface area contributed by atoms with E-state index in [9.17, 15) is 9.59 Å². The highest BCUT2D eigenvalue weighted by Gasteiger charge is 2.30. The zero-order valence-electron chi connectivity index (χ0n) is 18.1. The van der Waals surface area contributed by atoms with Gasteiger partial charge in [0.2, 0.25) is 5.95 Å². The van der Waals surface area contributed by atoms with E-state index in [0.29, 0.717) is 54.2 Å². The average molecular weight is 448 g/mol. The maximum atomic E-state index is 13.3. The summed E-state index contributed by atoms with van der Waals surface area (Å²) >= 11 is 6.35. The van der Waals surface area contributed by atoms with Crippen LogP contribution in [-0.2, 0) is 24.9 Å². The molecular formula is C21H26ClN5O4. The van der Waals surface area contributed by atoms with E-state index in [-0.39, 0.29) is 18.0 Å². The Kier molecular flexibility index (Phi) is 5.81. The van der Waals surface area contributed by atoms with Gasteiger partial charge in [-0.05, 0) is 31.0 Å². The summed E-state index contributed by atoms with van der Waals surface area (Å²) in [5.41, 5.74) is 0.884. The van der Waals surface area contributed by atoms with Gasteiger partial charge in [-0.15, -0.1) is 0 Å². The summed E-state index contributed by atoms with van der Waals surface area (Å²) in [5, 5.41) is 0.492. The van der Waals surface area contributed by atoms with Gasteiger partial charge in [0.15, 0.2) is 11.2 Å². The number of rotatable bonds is 6. The van der Waals surface area contributed by atoms with Gasteiger partial charge >= 0.3 is 5.69 Å². The molecule has 0 aliphatic carbocycles. The van der Waals surface area contributed by atoms with Crippen LogP contribution < -0.4 is 20.9 Å². The largest absolute Gasteiger partial charge is 0.495 e. The second kappa shape index (κ2) is 8.39. The number of imidazole rings is 1. The molecule has 0 saturated heterocycles. The predicted molar refractivity (Wildman–Crippen MR) is 120 cm³/mol. The number of methoxy groups -OCH3 is 1. The Hall–Kier alpha value is -2.78. The lowest BCUT2D eigenvalue weighted by molar-refractivity contribution is 0.137. The van der Waals surface area contributed by atoms with Crippen molar-refractivity contribution in [3.63, 3.8) is 0 Å². The number of ether oxygens (including phenoxy) is 2. The standard InChI is InChI=1S/C21H26ClN5O4/c1-5-31-9-8-25-19(28)17-18(24(3)21(25)29)23-20-26(11-13(2)12-27(17)20)14-6-7-16(30-4)15(22)10-14/h6-7,10,13H,5,8-9,11-12H2,1-4H3/t13-/m1/s1. The minimum absolute atomic E-state index is 0.198. The molecule has 0 fully saturated rings. The fourth-order valence-corrected chi connectivity index (χ4v) is 4.30. The fraction of sp³-hybridized carbons (Fsp3) is 0.476. The summed E-state index contributed by atoms with van der Waals surface area (Å²) < 4.78 is 15.2. The van der Waals surface area contributed by atoms with Crippen molar-refractivity contribution in [3.8, 4) is 5.75 Å². The van der Waals surface area contributed by atoms with Gasteiger partial charge in [0.25, 0.3) is 5.56 Å². The molecule has 0 spiro atoms. The van der Waals surface area contributed by atoms with Crippen molar-refractivity contribution in [2.45, 2.75) is 26.9 Å². The molecule has 2 aromatic heterocycles. The van der Waals surface area contributed by atoms with Crippen LogP contribution in [0.15, 0.2) is 27.8 Å². The van der Waals surface area contributed by atoms with Gasteiger partial charge in [-0.3, -0.25) is 13.9 Å². The fourth-order valence-electron chi connectivity index (χ4n) is 4.04. The molecule has 0 unspecified atom stereocenters. The van der Waals surface area contributed by atoms with Gasteiger partial charge in [0.05, 0.1) is 25.3 Å². The summed E-state index contributed by atoms with van der Waals surface area (Å²) in [6.07, 6.45) is 0. The molecular weight excluding hydrogens is 422 g/mol. The van der Waals surface area contributed by atoms with Gasteiger partial charge in [-0.2, -0.15) is 4.98 Å². The first-order valence-corrected chi connectivity index (χ1v) is 10.6. The molecule has 0 bridgehead atoms. The van der Waals surface area contributed by atoms with E-state index in [2.05, 4.69) is 6.92 Å². The first-order chi connectivity index (χ1) is 14.9. The highest BCUT2D eigenvalue weighted by molar-refractivity contribution is 6.32. The Morgan fingerprint density at radius 1 is 1.26 bits per heavy atom. The highest BCUT2D eigenvalue weighted by atomic mass is 35.5. The topological polar surface area (TPSA) is 83.5 Å². The normalized spacial score (nSPS) is 16.0. The smallest absolute Gasteiger partial charge is 0.332 e. The van der Waals surface area contributed by atoms with E-state index in [0.717, 1.165) is 5.69 Å². The Morgan fingerprint density at radius 2 is 2.03 bits per heavy atom. The van der Waals surface area contributed by atoms with Gasteiger partial charge in [-0.1, -0.05) is 18.5 Å². The third-order valence-electron chi connectivity index (χ3n) is 5.55. The summed E-state index contributed by atoms with van der Waals surface area (Å²) in [5.74, 6) is 1.45. The van der Waals surface area contributed by atoms with E-state index in [1.807, 2.05) is 28.5 Å². The number of halogens is 1. The second-order valence-electron chi connectivity index (χ2n) is 7.72. The number of aryl methyl sites for hydroxylation is 1. The molecule has 3 heterocycles. The summed E-state index contributed by atoms with van der Waals surface area (Å²) in [6, 6.07) is 5.54. The van der Waals surface area contributed by atoms with Crippen molar-refractivity contribution >= 4 is 34.4 Å². The van der Waals surface area contributed by atoms with Crippen LogP contribution in [0.5, 0.6) is 5.75 Å². The number of hydrogen-bond acceptors (Lipinski definition) is 6. The van der Waals surface area contributed by atoms with Crippen LogP contribution in [0.4, 0.5) is 11.6 Å². The zero-order valence-corrected chi connectivity index (χ0v) is 18.8. The quantitative estimate of drug-likeness (QED) is 0.539. The number of aromatic nitrogens is 4. The van der Waals surface area contributed by atoms with Crippen LogP contribution in [0.25, 0.3) is 11.2 Å². The van der Waals surface area contributed by atoms with Crippen LogP contribution >= 0.6 is 11.6 Å². The lowest BCUT2D eigenvalue weighted by Crippen LogP contribution is -2.41. The predicted octanol–water partition coefficient (Wildman–Crippen LogP) is 2.38. The SMILES string of the molecule is CCOCCn1c(=O)c2c(nc3n2C[C@H](C)CN3c2ccc(OC)c(Cl)c2)n(C)c1=O. The molecule has 10 heteroatoms. The van der Waals surface area contributed by atoms with Gasteiger partial charge in [0.1, 0.15) is 5.75 Å². The van der Waals surface area contributed by atoms with Crippen molar-refractivity contribution in [2.75, 3.05) is 31.8 Å². The summed E-state index contributed by atoms with van der Waals surface area (Å²) in [6.45, 7) is 6.34. The Balaban J connectivity index is 1.90. The number of anilines is 2. The molecule has 0 amide bonds. The molecule has 1 aromatic carbocycles. The zero-order chi connectivity index (χ0) is 22.3. The third-order valence-corrected chi connectivity index (χ3v) is 5.85. The minimum Gasteiger partial charge on any atom is -0.495 e. The first kappa shape index (κ1) is 21.5. The molecule has 1 atom stereocenters. The summed E-state index contributed by atoms with van der Waals surface area (Å²) in [7, 11) is 3.21. The average Bonchev–Trinajstić information content (AvgIpc) is 3.13. The first-order valence-electron chi connectivity index (χ1n) is 10.3. The van der Waals surface area contributed by atoms with Crippen molar-refractivity contribution in [3.05, 3.63) is 44.1 Å². The van der Waals surface area contributed by atoms with Gasteiger partial charge in [-0.25, -0.2) is 4.79 Å². The van der Waals surface area contributed by atoms with Crippen LogP contribution in [0.1, 0.15) is 13.8 Å². The van der Waals surface area contributed by atoms with Crippen LogP contribution in [0.2, 0.25) is 5.02 Å². The van der Waals surface area contributed by atoms with Crippen LogP contribution in [0.3, 0.4) is 0 Å². The van der Waals surface area contributed by atoms with E-state index < -0.39 is 5.69 Å². The lowest BCUT2D eigenvalue weighted by Gasteiger charge is -2.33. The van der Waals surface area contributed by atoms with E-state index in [1.165, 1.54) is 9.13 Å². The lowest BCUT2D eigenvalue weighted by atomic mass is 10.1. The number of hydrogen-bond donors (Lipinski definition) is 0. The highest BCUT2D eigenvalue weighted by Crippen LogP contribution is 2.36. The molecule has 0 N–H and O–H groups in total. The second-order valence-corrected chi connectivity index (χ2v) is 8.13. The van der Waals surface area contributed by atoms with Gasteiger partial charge in [0, 0.05) is 32.4 Å². The molecule has 1 aliphatic rings. The van der Waals surface area contributed by atoms with Crippen molar-refractivity contribution in [1.29, 1.82) is 0 Å². The maximum absolute atomic E-state index is 13.3. The third kappa shape index (κ3) is 3.61. The van der Waals surface area contributed by atoms with Crippen molar-refractivity contribution < 1.29 is 9.47 Å². The van der Waals surface area contributed by atoms with E-state index in [1.54, 1.807) is 20.2 Å². The Bertz CT molecular complexity index is 1250. The monoisotopic (exact) mass is 447 g/mol. The number of nitrogens with zero attached hydrogens (tertiary/aromatic N) is 5. The van der Waals surface area contributed by atoms with E-state index >= 15 is 0 Å². The van der Waals surface area contributed by atoms with E-state index in [4.69, 9.17) is 26.1 Å². The molecule has 31 heavy (non-hydrogen) atoms. The Morgan fingerprint density at radius 3 is 2.71 bits per heavy atom. The Labute approximate surface area is 184 Å².